The van der Waals surface area contributed by atoms with E-state index in [2.05, 4.69) is 10.0 Å². The van der Waals surface area contributed by atoms with Crippen LogP contribution in [-0.2, 0) is 10.0 Å². The molecule has 0 bridgehead atoms. The molecule has 0 amide bonds. The van der Waals surface area contributed by atoms with Crippen molar-refractivity contribution in [3.8, 4) is 5.75 Å². The Morgan fingerprint density at radius 1 is 1.17 bits per heavy atom. The number of rotatable bonds is 4. The second-order valence-electron chi connectivity index (χ2n) is 5.34. The van der Waals surface area contributed by atoms with E-state index in [0.29, 0.717) is 18.6 Å². The Labute approximate surface area is 138 Å². The third-order valence-electron chi connectivity index (χ3n) is 3.88. The highest BCUT2D eigenvalue weighted by atomic mass is 32.2. The lowest BCUT2D eigenvalue weighted by molar-refractivity contribution is 0.260. The third kappa shape index (κ3) is 3.07. The van der Waals surface area contributed by atoms with Gasteiger partial charge in [-0.2, -0.15) is 0 Å². The van der Waals surface area contributed by atoms with E-state index >= 15 is 0 Å². The Kier molecular flexibility index (Phi) is 4.42. The van der Waals surface area contributed by atoms with Gasteiger partial charge in [-0.3, -0.25) is 0 Å². The maximum Gasteiger partial charge on any atom is 0.240 e. The molecule has 1 heterocycles. The number of benzene rings is 2. The first-order valence-electron chi connectivity index (χ1n) is 7.33. The Morgan fingerprint density at radius 2 is 1.96 bits per heavy atom. The van der Waals surface area contributed by atoms with Gasteiger partial charge in [0.15, 0.2) is 11.6 Å². The lowest BCUT2D eigenvalue weighted by atomic mass is 10.00. The van der Waals surface area contributed by atoms with Crippen LogP contribution in [0.4, 0.5) is 14.5 Å². The summed E-state index contributed by atoms with van der Waals surface area (Å²) in [4.78, 5) is -0.161. The van der Waals surface area contributed by atoms with Gasteiger partial charge in [-0.05, 0) is 31.3 Å². The van der Waals surface area contributed by atoms with Crippen LogP contribution < -0.4 is 14.8 Å². The minimum atomic E-state index is -3.71. The van der Waals surface area contributed by atoms with Crippen molar-refractivity contribution in [1.82, 2.24) is 4.72 Å². The maximum absolute atomic E-state index is 14.3. The molecule has 0 saturated heterocycles. The smallest absolute Gasteiger partial charge is 0.240 e. The van der Waals surface area contributed by atoms with E-state index in [1.54, 1.807) is 12.1 Å². The van der Waals surface area contributed by atoms with Gasteiger partial charge in [0.2, 0.25) is 10.0 Å². The molecule has 1 atom stereocenters. The average molecular weight is 354 g/mol. The number of halogens is 2. The molecule has 2 aromatic carbocycles. The zero-order valence-corrected chi connectivity index (χ0v) is 13.7. The van der Waals surface area contributed by atoms with E-state index in [1.165, 1.54) is 25.2 Å². The number of sulfonamides is 1. The summed E-state index contributed by atoms with van der Waals surface area (Å²) in [5.74, 6) is -0.998. The zero-order valence-electron chi connectivity index (χ0n) is 12.8. The van der Waals surface area contributed by atoms with Crippen molar-refractivity contribution in [2.75, 3.05) is 19.0 Å². The molecule has 0 unspecified atom stereocenters. The molecule has 3 rings (SSSR count). The summed E-state index contributed by atoms with van der Waals surface area (Å²) in [6.45, 7) is 0.305. The van der Waals surface area contributed by atoms with E-state index < -0.39 is 21.7 Å². The topological polar surface area (TPSA) is 67.4 Å². The third-order valence-corrected chi connectivity index (χ3v) is 5.29. The van der Waals surface area contributed by atoms with Gasteiger partial charge in [-0.25, -0.2) is 21.9 Å². The molecule has 24 heavy (non-hydrogen) atoms. The van der Waals surface area contributed by atoms with Crippen molar-refractivity contribution in [3.05, 3.63) is 53.6 Å². The lowest BCUT2D eigenvalue weighted by Crippen LogP contribution is -2.22. The first-order valence-corrected chi connectivity index (χ1v) is 8.81. The minimum absolute atomic E-state index is 0.146. The van der Waals surface area contributed by atoms with Crippen LogP contribution in [0.25, 0.3) is 0 Å². The summed E-state index contributed by atoms with van der Waals surface area (Å²) in [6, 6.07) is 7.87. The average Bonchev–Trinajstić information content (AvgIpc) is 2.57. The van der Waals surface area contributed by atoms with Crippen LogP contribution in [-0.4, -0.2) is 22.1 Å². The molecule has 8 heteroatoms. The largest absolute Gasteiger partial charge is 0.490 e. The monoisotopic (exact) mass is 354 g/mol. The minimum Gasteiger partial charge on any atom is -0.490 e. The molecule has 0 fully saturated rings. The van der Waals surface area contributed by atoms with Crippen molar-refractivity contribution >= 4 is 15.7 Å². The van der Waals surface area contributed by atoms with Crippen LogP contribution >= 0.6 is 0 Å². The van der Waals surface area contributed by atoms with Gasteiger partial charge in [-0.15, -0.1) is 0 Å². The second-order valence-corrected chi connectivity index (χ2v) is 7.23. The highest BCUT2D eigenvalue weighted by Gasteiger charge is 2.25. The van der Waals surface area contributed by atoms with Gasteiger partial charge in [-0.1, -0.05) is 12.1 Å². The van der Waals surface area contributed by atoms with Gasteiger partial charge in [0.25, 0.3) is 0 Å². The molecule has 0 radical (unpaired) electrons. The first-order chi connectivity index (χ1) is 11.4. The SMILES string of the molecule is CNS(=O)(=O)c1ccc(N[C@H]2CCOc3c(F)cccc32)c(F)c1. The van der Waals surface area contributed by atoms with Crippen LogP contribution in [0.1, 0.15) is 18.0 Å². The van der Waals surface area contributed by atoms with Gasteiger partial charge in [0.1, 0.15) is 5.82 Å². The molecule has 0 aromatic heterocycles. The fraction of sp³-hybridized carbons (Fsp3) is 0.250. The predicted octanol–water partition coefficient (Wildman–Crippen LogP) is 2.81. The van der Waals surface area contributed by atoms with E-state index in [4.69, 9.17) is 4.74 Å². The van der Waals surface area contributed by atoms with Crippen LogP contribution in [0.15, 0.2) is 41.3 Å². The number of hydrogen-bond acceptors (Lipinski definition) is 4. The number of ether oxygens (including phenoxy) is 1. The molecule has 1 aliphatic heterocycles. The normalized spacial score (nSPS) is 17.0. The highest BCUT2D eigenvalue weighted by Crippen LogP contribution is 2.36. The second kappa shape index (κ2) is 6.37. The van der Waals surface area contributed by atoms with Crippen LogP contribution in [0.2, 0.25) is 0 Å². The van der Waals surface area contributed by atoms with E-state index in [0.717, 1.165) is 6.07 Å². The van der Waals surface area contributed by atoms with Crippen molar-refractivity contribution in [2.45, 2.75) is 17.4 Å². The standard InChI is InChI=1S/C16H16F2N2O3S/c1-19-24(21,22)10-5-6-15(13(18)9-10)20-14-7-8-23-16-11(14)3-2-4-12(16)17/h2-6,9,14,19-20H,7-8H2,1H3/t14-/m0/s1. The van der Waals surface area contributed by atoms with Crippen molar-refractivity contribution < 1.29 is 21.9 Å². The number of anilines is 1. The summed E-state index contributed by atoms with van der Waals surface area (Å²) < 4.78 is 58.9. The number of nitrogens with one attached hydrogen (secondary N) is 2. The summed E-state index contributed by atoms with van der Waals surface area (Å²) in [5.41, 5.74) is 0.750. The fourth-order valence-corrected chi connectivity index (χ4v) is 3.36. The van der Waals surface area contributed by atoms with E-state index in [9.17, 15) is 17.2 Å². The number of hydrogen-bond donors (Lipinski definition) is 2. The molecule has 0 aliphatic carbocycles. The van der Waals surface area contributed by atoms with E-state index in [1.807, 2.05) is 0 Å². The molecule has 0 saturated carbocycles. The summed E-state index contributed by atoms with van der Waals surface area (Å²) in [5, 5.41) is 2.99. The Bertz CT molecular complexity index is 872. The molecule has 2 aromatic rings. The number of para-hydroxylation sites is 1. The van der Waals surface area contributed by atoms with Crippen LogP contribution in [0.5, 0.6) is 5.75 Å². The lowest BCUT2D eigenvalue weighted by Gasteiger charge is -2.27. The van der Waals surface area contributed by atoms with E-state index in [-0.39, 0.29) is 22.4 Å². The summed E-state index contributed by atoms with van der Waals surface area (Å²) >= 11 is 0. The maximum atomic E-state index is 14.3. The predicted molar refractivity (Wildman–Crippen MR) is 85.5 cm³/mol. The van der Waals surface area contributed by atoms with Crippen LogP contribution in [0, 0.1) is 11.6 Å². The Balaban J connectivity index is 1.90. The number of fused-ring (bicyclic) bond motifs is 1. The molecule has 5 nitrogen and oxygen atoms in total. The Morgan fingerprint density at radius 3 is 2.67 bits per heavy atom. The van der Waals surface area contributed by atoms with Gasteiger partial charge in [0, 0.05) is 12.0 Å². The molecule has 2 N–H and O–H groups in total. The van der Waals surface area contributed by atoms with Gasteiger partial charge >= 0.3 is 0 Å². The molecule has 128 valence electrons. The molecule has 0 spiro atoms. The molecular formula is C16H16F2N2O3S. The fourth-order valence-electron chi connectivity index (χ4n) is 2.62. The molecular weight excluding hydrogens is 338 g/mol. The quantitative estimate of drug-likeness (QED) is 0.886. The highest BCUT2D eigenvalue weighted by molar-refractivity contribution is 7.89. The zero-order chi connectivity index (χ0) is 17.3. The summed E-state index contributed by atoms with van der Waals surface area (Å²) in [6.07, 6.45) is 0.534. The van der Waals surface area contributed by atoms with Gasteiger partial charge in [0.05, 0.1) is 23.2 Å². The van der Waals surface area contributed by atoms with Crippen LogP contribution in [0.3, 0.4) is 0 Å². The molecule has 1 aliphatic rings. The first kappa shape index (κ1) is 16.7. The van der Waals surface area contributed by atoms with Crippen molar-refractivity contribution in [3.63, 3.8) is 0 Å². The van der Waals surface area contributed by atoms with Crippen molar-refractivity contribution in [2.24, 2.45) is 0 Å². The Hall–Kier alpha value is -2.19. The summed E-state index contributed by atoms with van der Waals surface area (Å²) in [7, 11) is -2.46. The van der Waals surface area contributed by atoms with Crippen molar-refractivity contribution in [1.29, 1.82) is 0 Å². The van der Waals surface area contributed by atoms with Gasteiger partial charge < -0.3 is 10.1 Å².